The molecule has 0 bridgehead atoms. The van der Waals surface area contributed by atoms with Crippen molar-refractivity contribution < 1.29 is 9.59 Å². The van der Waals surface area contributed by atoms with Crippen LogP contribution in [0.15, 0.2) is 41.8 Å². The Balaban J connectivity index is 1.97. The number of aromatic amines is 1. The lowest BCUT2D eigenvalue weighted by Crippen LogP contribution is -2.19. The molecule has 0 spiro atoms. The van der Waals surface area contributed by atoms with Gasteiger partial charge in [0.15, 0.2) is 5.16 Å². The van der Waals surface area contributed by atoms with Gasteiger partial charge in [0.05, 0.1) is 17.0 Å². The number of anilines is 1. The molecular weight excluding hydrogens is 264 g/mol. The number of para-hydroxylation sites is 1. The molecule has 2 rings (SSSR count). The number of rotatable bonds is 5. The zero-order chi connectivity index (χ0) is 13.7. The van der Waals surface area contributed by atoms with E-state index in [1.54, 1.807) is 36.7 Å². The number of imidazole rings is 1. The van der Waals surface area contributed by atoms with Gasteiger partial charge in [-0.1, -0.05) is 23.9 Å². The largest absolute Gasteiger partial charge is 0.366 e. The summed E-state index contributed by atoms with van der Waals surface area (Å²) in [6, 6.07) is 6.61. The summed E-state index contributed by atoms with van der Waals surface area (Å²) in [5.74, 6) is -0.606. The van der Waals surface area contributed by atoms with Crippen LogP contribution in [0, 0.1) is 0 Å². The Kier molecular flexibility index (Phi) is 4.19. The second-order valence-corrected chi connectivity index (χ2v) is 4.61. The highest BCUT2D eigenvalue weighted by Gasteiger charge is 2.10. The van der Waals surface area contributed by atoms with Gasteiger partial charge in [-0.2, -0.15) is 0 Å². The number of aromatic nitrogens is 2. The topological polar surface area (TPSA) is 101 Å². The number of benzene rings is 1. The fraction of sp³-hybridized carbons (Fsp3) is 0.0833. The summed E-state index contributed by atoms with van der Waals surface area (Å²) in [6.07, 6.45) is 3.30. The van der Waals surface area contributed by atoms with Crippen molar-refractivity contribution in [2.45, 2.75) is 5.16 Å². The summed E-state index contributed by atoms with van der Waals surface area (Å²) in [5.41, 5.74) is 5.94. The molecule has 0 radical (unpaired) electrons. The van der Waals surface area contributed by atoms with Crippen LogP contribution < -0.4 is 11.1 Å². The average Bonchev–Trinajstić information content (AvgIpc) is 2.90. The molecule has 0 fully saturated rings. The zero-order valence-corrected chi connectivity index (χ0v) is 10.7. The smallest absolute Gasteiger partial charge is 0.250 e. The van der Waals surface area contributed by atoms with Gasteiger partial charge in [-0.05, 0) is 12.1 Å². The molecular formula is C12H12N4O2S. The predicted molar refractivity (Wildman–Crippen MR) is 72.9 cm³/mol. The molecule has 0 aliphatic heterocycles. The third kappa shape index (κ3) is 3.59. The molecule has 98 valence electrons. The fourth-order valence-electron chi connectivity index (χ4n) is 1.46. The molecule has 0 saturated heterocycles. The highest BCUT2D eigenvalue weighted by atomic mass is 32.2. The first kappa shape index (κ1) is 13.2. The van der Waals surface area contributed by atoms with Gasteiger partial charge < -0.3 is 16.0 Å². The van der Waals surface area contributed by atoms with Gasteiger partial charge in [0.25, 0.3) is 5.91 Å². The molecule has 1 aromatic carbocycles. The van der Waals surface area contributed by atoms with E-state index in [4.69, 9.17) is 5.73 Å². The van der Waals surface area contributed by atoms with E-state index in [2.05, 4.69) is 15.3 Å². The molecule has 2 aromatic rings. The average molecular weight is 276 g/mol. The van der Waals surface area contributed by atoms with Crippen molar-refractivity contribution >= 4 is 29.3 Å². The Morgan fingerprint density at radius 2 is 2.16 bits per heavy atom. The molecule has 0 atom stereocenters. The minimum atomic E-state index is -0.574. The highest BCUT2D eigenvalue weighted by Crippen LogP contribution is 2.16. The molecule has 6 nitrogen and oxygen atoms in total. The predicted octanol–water partition coefficient (Wildman–Crippen LogP) is 1.24. The van der Waals surface area contributed by atoms with Crippen molar-refractivity contribution in [1.29, 1.82) is 0 Å². The molecule has 0 aliphatic rings. The Bertz CT molecular complexity index is 583. The number of nitrogens with two attached hydrogens (primary N) is 1. The molecule has 0 saturated carbocycles. The van der Waals surface area contributed by atoms with Gasteiger partial charge in [-0.15, -0.1) is 0 Å². The number of carbonyl (C=O) groups excluding carboxylic acids is 2. The van der Waals surface area contributed by atoms with E-state index in [9.17, 15) is 9.59 Å². The third-order valence-corrected chi connectivity index (χ3v) is 3.18. The molecule has 2 amide bonds. The third-order valence-electron chi connectivity index (χ3n) is 2.28. The second kappa shape index (κ2) is 6.05. The first-order valence-electron chi connectivity index (χ1n) is 5.47. The molecule has 0 unspecified atom stereocenters. The number of hydrogen-bond donors (Lipinski definition) is 3. The number of H-pyrrole nitrogens is 1. The maximum atomic E-state index is 11.8. The Hall–Kier alpha value is -2.28. The van der Waals surface area contributed by atoms with Crippen molar-refractivity contribution in [2.75, 3.05) is 11.1 Å². The minimum Gasteiger partial charge on any atom is -0.366 e. The lowest BCUT2D eigenvalue weighted by Gasteiger charge is -2.07. The number of hydrogen-bond acceptors (Lipinski definition) is 4. The van der Waals surface area contributed by atoms with E-state index < -0.39 is 5.91 Å². The first-order valence-corrected chi connectivity index (χ1v) is 6.46. The number of amides is 2. The Morgan fingerprint density at radius 3 is 2.84 bits per heavy atom. The number of nitrogens with zero attached hydrogens (tertiary/aromatic N) is 1. The second-order valence-electron chi connectivity index (χ2n) is 3.64. The summed E-state index contributed by atoms with van der Waals surface area (Å²) in [5, 5.41) is 3.32. The molecule has 4 N–H and O–H groups in total. The van der Waals surface area contributed by atoms with Crippen LogP contribution in [0.2, 0.25) is 0 Å². The van der Waals surface area contributed by atoms with E-state index in [0.717, 1.165) is 0 Å². The van der Waals surface area contributed by atoms with Crippen LogP contribution >= 0.6 is 11.8 Å². The molecule has 1 aromatic heterocycles. The SMILES string of the molecule is NC(=O)c1ccccc1NC(=O)CSc1ncc[nH]1. The minimum absolute atomic E-state index is 0.195. The summed E-state index contributed by atoms with van der Waals surface area (Å²) in [6.45, 7) is 0. The normalized spacial score (nSPS) is 10.1. The lowest BCUT2D eigenvalue weighted by atomic mass is 10.1. The molecule has 19 heavy (non-hydrogen) atoms. The van der Waals surface area contributed by atoms with Gasteiger partial charge in [0, 0.05) is 12.4 Å². The van der Waals surface area contributed by atoms with Crippen LogP contribution in [0.3, 0.4) is 0 Å². The highest BCUT2D eigenvalue weighted by molar-refractivity contribution is 7.99. The maximum Gasteiger partial charge on any atom is 0.250 e. The van der Waals surface area contributed by atoms with E-state index in [0.29, 0.717) is 16.4 Å². The Morgan fingerprint density at radius 1 is 1.37 bits per heavy atom. The van der Waals surface area contributed by atoms with Crippen LogP contribution in [0.5, 0.6) is 0 Å². The van der Waals surface area contributed by atoms with Crippen LogP contribution in [0.1, 0.15) is 10.4 Å². The van der Waals surface area contributed by atoms with Gasteiger partial charge in [-0.25, -0.2) is 4.98 Å². The van der Waals surface area contributed by atoms with Crippen molar-refractivity contribution in [1.82, 2.24) is 9.97 Å². The van der Waals surface area contributed by atoms with Crippen LogP contribution in [-0.4, -0.2) is 27.5 Å². The summed E-state index contributed by atoms with van der Waals surface area (Å²) < 4.78 is 0. The van der Waals surface area contributed by atoms with Gasteiger partial charge >= 0.3 is 0 Å². The van der Waals surface area contributed by atoms with E-state index in [-0.39, 0.29) is 11.7 Å². The quantitative estimate of drug-likeness (QED) is 0.715. The zero-order valence-electron chi connectivity index (χ0n) is 9.92. The van der Waals surface area contributed by atoms with Gasteiger partial charge in [0.2, 0.25) is 5.91 Å². The van der Waals surface area contributed by atoms with Crippen molar-refractivity contribution in [3.63, 3.8) is 0 Å². The number of carbonyl (C=O) groups is 2. The Labute approximate surface area is 113 Å². The lowest BCUT2D eigenvalue weighted by molar-refractivity contribution is -0.113. The van der Waals surface area contributed by atoms with Gasteiger partial charge in [-0.3, -0.25) is 9.59 Å². The van der Waals surface area contributed by atoms with Gasteiger partial charge in [0.1, 0.15) is 0 Å². The van der Waals surface area contributed by atoms with E-state index in [1.165, 1.54) is 11.8 Å². The number of primary amides is 1. The van der Waals surface area contributed by atoms with Crippen molar-refractivity contribution in [2.24, 2.45) is 5.73 Å². The summed E-state index contributed by atoms with van der Waals surface area (Å²) in [7, 11) is 0. The van der Waals surface area contributed by atoms with Crippen molar-refractivity contribution in [3.05, 3.63) is 42.2 Å². The number of thioether (sulfide) groups is 1. The maximum absolute atomic E-state index is 11.8. The molecule has 7 heteroatoms. The number of nitrogens with one attached hydrogen (secondary N) is 2. The van der Waals surface area contributed by atoms with Crippen LogP contribution in [0.4, 0.5) is 5.69 Å². The molecule has 0 aliphatic carbocycles. The molecule has 1 heterocycles. The van der Waals surface area contributed by atoms with E-state index in [1.807, 2.05) is 0 Å². The van der Waals surface area contributed by atoms with Crippen LogP contribution in [-0.2, 0) is 4.79 Å². The summed E-state index contributed by atoms with van der Waals surface area (Å²) in [4.78, 5) is 29.8. The fourth-order valence-corrected chi connectivity index (χ4v) is 2.08. The van der Waals surface area contributed by atoms with Crippen LogP contribution in [0.25, 0.3) is 0 Å². The monoisotopic (exact) mass is 276 g/mol. The first-order chi connectivity index (χ1) is 9.16. The summed E-state index contributed by atoms with van der Waals surface area (Å²) >= 11 is 1.27. The van der Waals surface area contributed by atoms with E-state index >= 15 is 0 Å². The van der Waals surface area contributed by atoms with Crippen molar-refractivity contribution in [3.8, 4) is 0 Å². The standard InChI is InChI=1S/C12H12N4O2S/c13-11(18)8-3-1-2-4-9(8)16-10(17)7-19-12-14-5-6-15-12/h1-6H,7H2,(H2,13,18)(H,14,15)(H,16,17).